The van der Waals surface area contributed by atoms with Crippen molar-refractivity contribution >= 4 is 26.1 Å². The van der Waals surface area contributed by atoms with Crippen LogP contribution in [0.25, 0.3) is 0 Å². The molecule has 0 aliphatic heterocycles. The van der Waals surface area contributed by atoms with Crippen molar-refractivity contribution in [1.29, 1.82) is 0 Å². The van der Waals surface area contributed by atoms with E-state index in [1.165, 1.54) is 0 Å². The van der Waals surface area contributed by atoms with Crippen LogP contribution in [-0.2, 0) is 13.7 Å². The van der Waals surface area contributed by atoms with Gasteiger partial charge in [0.2, 0.25) is 0 Å². The van der Waals surface area contributed by atoms with Crippen LogP contribution in [-0.4, -0.2) is 0 Å². The predicted octanol–water partition coefficient (Wildman–Crippen LogP) is -1.34. The largest absolute Gasteiger partial charge is 3.00 e. The van der Waals surface area contributed by atoms with Crippen LogP contribution >= 0.6 is 26.1 Å². The summed E-state index contributed by atoms with van der Waals surface area (Å²) in [5.41, 5.74) is 0. The Bertz CT molecular complexity index is 49.7. The normalized spacial score (nSPS) is 6.30. The van der Waals surface area contributed by atoms with E-state index in [4.69, 9.17) is 28.4 Å². The Morgan fingerprint density at radius 1 is 0.700 bits per heavy atom. The summed E-state index contributed by atoms with van der Waals surface area (Å²) in [6.07, 6.45) is 0. The molecule has 10 heavy (non-hydrogen) atoms. The molecule has 10 heteroatoms. The molecule has 0 unspecified atom stereocenters. The molecule has 0 aromatic rings. The third-order valence-electron chi connectivity index (χ3n) is 0. The van der Waals surface area contributed by atoms with Crippen molar-refractivity contribution in [3.05, 3.63) is 0 Å². The molecule has 0 aromatic carbocycles. The average Bonchev–Trinajstić information content (AvgIpc) is 1.70. The van der Waals surface area contributed by atoms with Gasteiger partial charge in [-0.3, -0.25) is 13.7 Å². The molecule has 0 amide bonds. The van der Waals surface area contributed by atoms with E-state index in [1.54, 1.807) is 0 Å². The fourth-order valence-corrected chi connectivity index (χ4v) is 0. The van der Waals surface area contributed by atoms with E-state index < -0.39 is 26.1 Å². The molecule has 0 aliphatic rings. The quantitative estimate of drug-likeness (QED) is 0.500. The number of hydrogen-bond donors (Lipinski definition) is 0. The van der Waals surface area contributed by atoms with Crippen LogP contribution in [0.15, 0.2) is 0 Å². The van der Waals surface area contributed by atoms with Crippen molar-refractivity contribution in [2.45, 2.75) is 0 Å². The fourth-order valence-electron chi connectivity index (χ4n) is 0. The third kappa shape index (κ3) is 316. The molecule has 0 atom stereocenters. The van der Waals surface area contributed by atoms with E-state index in [-0.39, 0.29) is 38.6 Å². The molecule has 0 radical (unpaired) electrons. The van der Waals surface area contributed by atoms with Crippen molar-refractivity contribution in [2.24, 2.45) is 0 Å². The van der Waals surface area contributed by atoms with Gasteiger partial charge < -0.3 is 14.7 Å². The van der Waals surface area contributed by atoms with Gasteiger partial charge in [-0.05, 0) is 0 Å². The van der Waals surface area contributed by atoms with Crippen molar-refractivity contribution in [3.63, 3.8) is 0 Å². The first kappa shape index (κ1) is 22.5. The first-order valence-electron chi connectivity index (χ1n) is 1.10. The fraction of sp³-hybridized carbons (Fsp3) is 0. The van der Waals surface area contributed by atoms with Gasteiger partial charge in [-0.15, -0.1) is 0 Å². The van der Waals surface area contributed by atoms with E-state index >= 15 is 0 Å². The third-order valence-corrected chi connectivity index (χ3v) is 0. The summed E-state index contributed by atoms with van der Waals surface area (Å²) in [6, 6.07) is 0. The minimum Gasteiger partial charge on any atom is -0.772 e. The Morgan fingerprint density at radius 3 is 0.700 bits per heavy atom. The molecule has 0 N–H and O–H groups in total. The minimum atomic E-state index is -1.08. The summed E-state index contributed by atoms with van der Waals surface area (Å²) in [5.74, 6) is 0. The van der Waals surface area contributed by atoms with Crippen molar-refractivity contribution in [3.8, 4) is 0 Å². The van der Waals surface area contributed by atoms with Gasteiger partial charge in [-0.1, -0.05) is 0 Å². The van der Waals surface area contributed by atoms with Gasteiger partial charge in [0.15, 0.2) is 0 Å². The first-order valence-corrected chi connectivity index (χ1v) is 3.29. The van der Waals surface area contributed by atoms with Gasteiger partial charge in [0, 0.05) is 0 Å². The molecule has 0 saturated heterocycles. The average molecular weight is 348 g/mol. The second-order valence-corrected chi connectivity index (χ2v) is 0.671. The Kier molecular flexibility index (Phi) is 106. The van der Waals surface area contributed by atoms with Crippen LogP contribution in [0.1, 0.15) is 0 Å². The Hall–Kier alpha value is 1.47. The smallest absolute Gasteiger partial charge is 0.772 e. The van der Waals surface area contributed by atoms with E-state index in [1.807, 2.05) is 0 Å². The second kappa shape index (κ2) is 47.0. The topological polar surface area (TPSA) is 120 Å². The number of rotatable bonds is 0. The minimum absolute atomic E-state index is 0. The van der Waals surface area contributed by atoms with Gasteiger partial charge in [-0.2, -0.15) is 0 Å². The first-order chi connectivity index (χ1) is 4.24. The van der Waals surface area contributed by atoms with Crippen LogP contribution in [0.2, 0.25) is 0 Å². The molecule has 0 aromatic heterocycles. The van der Waals surface area contributed by atoms with Gasteiger partial charge in [-0.25, -0.2) is 0 Å². The summed E-state index contributed by atoms with van der Waals surface area (Å²) < 4.78 is 25.0. The van der Waals surface area contributed by atoms with Crippen molar-refractivity contribution < 1.29 is 67.0 Å². The molecule has 0 heterocycles. The molecule has 60 valence electrons. The number of hydrogen-bond acceptors (Lipinski definition) is 6. The molecule has 0 fully saturated rings. The van der Waals surface area contributed by atoms with Crippen LogP contribution in [0.5, 0.6) is 0 Å². The summed E-state index contributed by atoms with van der Waals surface area (Å²) in [7, 11) is -3.25. The maximum atomic E-state index is 8.35. The maximum absolute atomic E-state index is 8.35. The Morgan fingerprint density at radius 2 is 0.700 bits per heavy atom. The Balaban J connectivity index is -0.0000000257. The molecular formula is O6P3Tb. The monoisotopic (exact) mass is 348 g/mol. The zero-order valence-electron chi connectivity index (χ0n) is 4.12. The standard InChI is InChI=1S/3HO2P.Tb/c3*1-3-2;/h3*(H,1,2);/q;;;+3/p-3. The van der Waals surface area contributed by atoms with E-state index in [2.05, 4.69) is 0 Å². The summed E-state index contributed by atoms with van der Waals surface area (Å²) in [5, 5.41) is 0. The molecule has 6 nitrogen and oxygen atoms in total. The molecule has 0 rings (SSSR count). The van der Waals surface area contributed by atoms with Gasteiger partial charge in [0.1, 0.15) is 0 Å². The zero-order valence-corrected chi connectivity index (χ0v) is 8.95. The zero-order chi connectivity index (χ0) is 8.12. The van der Waals surface area contributed by atoms with Crippen molar-refractivity contribution in [2.75, 3.05) is 0 Å². The SMILES string of the molecule is O=P[O-].O=P[O-].O=P[O-].[Tb+3]. The van der Waals surface area contributed by atoms with Gasteiger partial charge in [0.25, 0.3) is 0 Å². The maximum Gasteiger partial charge on any atom is 3.00 e. The molecule has 0 bridgehead atoms. The van der Waals surface area contributed by atoms with E-state index in [0.29, 0.717) is 0 Å². The summed E-state index contributed by atoms with van der Waals surface area (Å²) in [4.78, 5) is 25.0. The van der Waals surface area contributed by atoms with E-state index in [0.717, 1.165) is 0 Å². The molecule has 0 saturated carbocycles. The van der Waals surface area contributed by atoms with Crippen LogP contribution in [0.3, 0.4) is 0 Å². The van der Waals surface area contributed by atoms with Crippen LogP contribution in [0, 0.1) is 38.6 Å². The molecular weight excluding hydrogens is 348 g/mol. The van der Waals surface area contributed by atoms with Crippen LogP contribution < -0.4 is 14.7 Å². The Labute approximate surface area is 92.3 Å². The summed E-state index contributed by atoms with van der Waals surface area (Å²) in [6.45, 7) is 0. The molecule has 0 spiro atoms. The van der Waals surface area contributed by atoms with Crippen molar-refractivity contribution in [1.82, 2.24) is 0 Å². The summed E-state index contributed by atoms with van der Waals surface area (Å²) >= 11 is 0. The second-order valence-electron chi connectivity index (χ2n) is 0.224. The predicted molar refractivity (Wildman–Crippen MR) is 22.8 cm³/mol. The van der Waals surface area contributed by atoms with E-state index in [9.17, 15) is 0 Å². The van der Waals surface area contributed by atoms with Gasteiger partial charge >= 0.3 is 38.6 Å². The van der Waals surface area contributed by atoms with Crippen LogP contribution in [0.4, 0.5) is 0 Å². The molecule has 0 aliphatic carbocycles. The van der Waals surface area contributed by atoms with Gasteiger partial charge in [0.05, 0.1) is 26.1 Å².